The molecule has 2 saturated heterocycles. The number of hydrogen-bond donors (Lipinski definition) is 1. The van der Waals surface area contributed by atoms with Crippen molar-refractivity contribution in [1.82, 2.24) is 5.32 Å². The zero-order valence-corrected chi connectivity index (χ0v) is 7.85. The van der Waals surface area contributed by atoms with Crippen molar-refractivity contribution in [2.24, 2.45) is 0 Å². The number of amides is 1. The number of carbonyl (C=O) groups excluding carboxylic acids is 2. The van der Waals surface area contributed by atoms with E-state index in [1.54, 1.807) is 6.92 Å². The Morgan fingerprint density at radius 1 is 1.50 bits per heavy atom. The summed E-state index contributed by atoms with van der Waals surface area (Å²) in [4.78, 5) is 22.6. The average molecular weight is 201 g/mol. The molecule has 0 spiro atoms. The molecule has 0 aromatic heterocycles. The van der Waals surface area contributed by atoms with Crippen molar-refractivity contribution in [3.8, 4) is 0 Å². The minimum absolute atomic E-state index is 0.242. The van der Waals surface area contributed by atoms with Crippen LogP contribution in [-0.2, 0) is 23.8 Å². The van der Waals surface area contributed by atoms with Crippen LogP contribution in [0.25, 0.3) is 0 Å². The summed E-state index contributed by atoms with van der Waals surface area (Å²) in [6, 6.07) is -0.242. The van der Waals surface area contributed by atoms with Crippen molar-refractivity contribution in [3.63, 3.8) is 0 Å². The van der Waals surface area contributed by atoms with E-state index in [0.717, 1.165) is 0 Å². The number of hydrogen-bond acceptors (Lipinski definition) is 5. The van der Waals surface area contributed by atoms with Gasteiger partial charge in [-0.15, -0.1) is 0 Å². The fourth-order valence-corrected chi connectivity index (χ4v) is 1.57. The van der Waals surface area contributed by atoms with Gasteiger partial charge in [-0.25, -0.2) is 4.79 Å². The molecule has 78 valence electrons. The fraction of sp³-hybridized carbons (Fsp3) is 0.750. The van der Waals surface area contributed by atoms with Gasteiger partial charge in [-0.2, -0.15) is 0 Å². The molecule has 0 aliphatic carbocycles. The molecule has 2 aliphatic heterocycles. The number of carbonyl (C=O) groups is 2. The monoisotopic (exact) mass is 201 g/mol. The minimum atomic E-state index is -0.935. The fourth-order valence-electron chi connectivity index (χ4n) is 1.57. The van der Waals surface area contributed by atoms with E-state index in [1.165, 1.54) is 7.11 Å². The third-order valence-electron chi connectivity index (χ3n) is 2.31. The summed E-state index contributed by atoms with van der Waals surface area (Å²) in [5.41, 5.74) is 0. The second-order valence-electron chi connectivity index (χ2n) is 3.30. The normalized spacial score (nSPS) is 40.6. The third kappa shape index (κ3) is 1.27. The standard InChI is InChI=1S/C8H11NO5/c1-3-8-13-4(6(10)9-3)5(14-8)7(11)12-2/h3-5,8H,1-2H3,(H,9,10)/t3-,4+,5+,8-/m0/s1. The third-order valence-corrected chi connectivity index (χ3v) is 2.31. The Bertz CT molecular complexity index is 279. The van der Waals surface area contributed by atoms with E-state index in [9.17, 15) is 9.59 Å². The predicted molar refractivity (Wildman–Crippen MR) is 43.2 cm³/mol. The van der Waals surface area contributed by atoms with E-state index in [0.29, 0.717) is 0 Å². The Balaban J connectivity index is 2.17. The molecule has 14 heavy (non-hydrogen) atoms. The molecule has 2 aliphatic rings. The smallest absolute Gasteiger partial charge is 0.338 e. The van der Waals surface area contributed by atoms with Gasteiger partial charge in [0.15, 0.2) is 18.5 Å². The minimum Gasteiger partial charge on any atom is -0.467 e. The summed E-state index contributed by atoms with van der Waals surface area (Å²) in [5, 5.41) is 2.65. The number of nitrogens with one attached hydrogen (secondary N) is 1. The van der Waals surface area contributed by atoms with Gasteiger partial charge in [-0.05, 0) is 6.92 Å². The highest BCUT2D eigenvalue weighted by atomic mass is 16.7. The molecule has 4 atom stereocenters. The highest BCUT2D eigenvalue weighted by molar-refractivity contribution is 5.90. The van der Waals surface area contributed by atoms with Crippen molar-refractivity contribution >= 4 is 11.9 Å². The van der Waals surface area contributed by atoms with Crippen molar-refractivity contribution in [2.45, 2.75) is 31.5 Å². The summed E-state index contributed by atoms with van der Waals surface area (Å²) in [5.74, 6) is -0.914. The Morgan fingerprint density at radius 2 is 2.21 bits per heavy atom. The van der Waals surface area contributed by atoms with Crippen molar-refractivity contribution in [1.29, 1.82) is 0 Å². The molecule has 0 aromatic rings. The largest absolute Gasteiger partial charge is 0.467 e. The maximum Gasteiger partial charge on any atom is 0.338 e. The lowest BCUT2D eigenvalue weighted by Gasteiger charge is -2.24. The maximum absolute atomic E-state index is 11.4. The van der Waals surface area contributed by atoms with E-state index in [2.05, 4.69) is 10.1 Å². The molecule has 2 bridgehead atoms. The van der Waals surface area contributed by atoms with E-state index < -0.39 is 24.5 Å². The van der Waals surface area contributed by atoms with Gasteiger partial charge in [0.2, 0.25) is 0 Å². The quantitative estimate of drug-likeness (QED) is 0.539. The first kappa shape index (κ1) is 9.42. The number of fused-ring (bicyclic) bond motifs is 2. The van der Waals surface area contributed by atoms with Crippen LogP contribution in [0.15, 0.2) is 0 Å². The van der Waals surface area contributed by atoms with Crippen molar-refractivity contribution in [2.75, 3.05) is 7.11 Å². The van der Waals surface area contributed by atoms with E-state index in [-0.39, 0.29) is 11.9 Å². The van der Waals surface area contributed by atoms with Gasteiger partial charge >= 0.3 is 5.97 Å². The molecule has 6 nitrogen and oxygen atoms in total. The zero-order valence-electron chi connectivity index (χ0n) is 7.85. The van der Waals surface area contributed by atoms with E-state index in [1.807, 2.05) is 0 Å². The Hall–Kier alpha value is -1.14. The zero-order chi connectivity index (χ0) is 10.3. The molecule has 1 amide bonds. The predicted octanol–water partition coefficient (Wildman–Crippen LogP) is -1.21. The molecule has 2 heterocycles. The second kappa shape index (κ2) is 3.21. The lowest BCUT2D eigenvalue weighted by molar-refractivity contribution is -0.154. The molecule has 2 rings (SSSR count). The molecule has 0 saturated carbocycles. The van der Waals surface area contributed by atoms with Crippen LogP contribution in [0.5, 0.6) is 0 Å². The van der Waals surface area contributed by atoms with Gasteiger partial charge in [0.05, 0.1) is 13.2 Å². The molecule has 6 heteroatoms. The number of rotatable bonds is 1. The molecular weight excluding hydrogens is 190 g/mol. The van der Waals surface area contributed by atoms with Crippen molar-refractivity contribution in [3.05, 3.63) is 0 Å². The molecule has 0 unspecified atom stereocenters. The summed E-state index contributed by atoms with van der Waals surface area (Å²) in [6.07, 6.45) is -2.36. The first-order valence-electron chi connectivity index (χ1n) is 4.32. The summed E-state index contributed by atoms with van der Waals surface area (Å²) in [6.45, 7) is 1.75. The van der Waals surface area contributed by atoms with Crippen LogP contribution >= 0.6 is 0 Å². The number of esters is 1. The Labute approximate surface area is 80.5 Å². The average Bonchev–Trinajstić information content (AvgIpc) is 2.55. The SMILES string of the molecule is COC(=O)[C@@H]1O[C@@H]2O[C@H]1C(=O)N[C@H]2C. The van der Waals surface area contributed by atoms with Crippen LogP contribution in [0.3, 0.4) is 0 Å². The van der Waals surface area contributed by atoms with E-state index in [4.69, 9.17) is 9.47 Å². The topological polar surface area (TPSA) is 73.9 Å². The molecule has 1 N–H and O–H groups in total. The van der Waals surface area contributed by atoms with Gasteiger partial charge in [0.25, 0.3) is 5.91 Å². The highest BCUT2D eigenvalue weighted by Crippen LogP contribution is 2.26. The molecule has 2 fully saturated rings. The van der Waals surface area contributed by atoms with Crippen LogP contribution in [0.1, 0.15) is 6.92 Å². The summed E-state index contributed by atoms with van der Waals surface area (Å²) >= 11 is 0. The van der Waals surface area contributed by atoms with Crippen LogP contribution in [0, 0.1) is 0 Å². The Morgan fingerprint density at radius 3 is 2.86 bits per heavy atom. The van der Waals surface area contributed by atoms with Crippen LogP contribution in [-0.4, -0.2) is 43.5 Å². The van der Waals surface area contributed by atoms with E-state index >= 15 is 0 Å². The number of methoxy groups -OCH3 is 1. The summed E-state index contributed by atoms with van der Waals surface area (Å²) in [7, 11) is 1.25. The lowest BCUT2D eigenvalue weighted by atomic mass is 10.2. The first-order valence-corrected chi connectivity index (χ1v) is 4.32. The molecule has 0 radical (unpaired) electrons. The van der Waals surface area contributed by atoms with Crippen LogP contribution in [0.2, 0.25) is 0 Å². The maximum atomic E-state index is 11.4. The molecular formula is C8H11NO5. The summed E-state index contributed by atoms with van der Waals surface area (Å²) < 4.78 is 15.0. The van der Waals surface area contributed by atoms with Gasteiger partial charge in [0, 0.05) is 0 Å². The Kier molecular flexibility index (Phi) is 2.16. The molecule has 0 aromatic carbocycles. The van der Waals surface area contributed by atoms with Gasteiger partial charge in [0.1, 0.15) is 0 Å². The second-order valence-corrected chi connectivity index (χ2v) is 3.30. The highest BCUT2D eigenvalue weighted by Gasteiger charge is 2.51. The van der Waals surface area contributed by atoms with Crippen molar-refractivity contribution < 1.29 is 23.8 Å². The van der Waals surface area contributed by atoms with Crippen LogP contribution in [0.4, 0.5) is 0 Å². The van der Waals surface area contributed by atoms with Gasteiger partial charge in [-0.3, -0.25) is 4.79 Å². The first-order chi connectivity index (χ1) is 6.63. The van der Waals surface area contributed by atoms with Crippen LogP contribution < -0.4 is 5.32 Å². The van der Waals surface area contributed by atoms with Gasteiger partial charge < -0.3 is 19.5 Å². The number of ether oxygens (including phenoxy) is 3. The number of morpholine rings is 1. The van der Waals surface area contributed by atoms with Gasteiger partial charge in [-0.1, -0.05) is 0 Å². The lowest BCUT2D eigenvalue weighted by Crippen LogP contribution is -2.52.